The Bertz CT molecular complexity index is 1250. The van der Waals surface area contributed by atoms with Gasteiger partial charge in [0.1, 0.15) is 5.69 Å². The van der Waals surface area contributed by atoms with Crippen LogP contribution in [-0.4, -0.2) is 53.1 Å². The van der Waals surface area contributed by atoms with E-state index in [0.29, 0.717) is 29.0 Å². The van der Waals surface area contributed by atoms with Crippen LogP contribution in [0.5, 0.6) is 0 Å². The summed E-state index contributed by atoms with van der Waals surface area (Å²) in [6, 6.07) is 2.18. The van der Waals surface area contributed by atoms with Crippen LogP contribution >= 0.6 is 23.3 Å². The van der Waals surface area contributed by atoms with Crippen LogP contribution in [0.4, 0.5) is 10.3 Å². The van der Waals surface area contributed by atoms with Crippen LogP contribution in [-0.2, 0) is 0 Å². The summed E-state index contributed by atoms with van der Waals surface area (Å²) in [7, 11) is 0. The summed E-state index contributed by atoms with van der Waals surface area (Å²) in [4.78, 5) is 14.8. The fraction of sp³-hybridized carbons (Fsp3) is 0.375. The Hall–Kier alpha value is -2.69. The predicted octanol–water partition coefficient (Wildman–Crippen LogP) is 5.87. The summed E-state index contributed by atoms with van der Waals surface area (Å²) >= 11 is 3.51. The van der Waals surface area contributed by atoms with E-state index in [2.05, 4.69) is 21.2 Å². The minimum Gasteiger partial charge on any atom is -0.505 e. The summed E-state index contributed by atoms with van der Waals surface area (Å²) in [5.74, 6) is -0.830. The number of nitrogens with one attached hydrogen (secondary N) is 1. The van der Waals surface area contributed by atoms with Crippen molar-refractivity contribution in [2.45, 2.75) is 43.9 Å². The van der Waals surface area contributed by atoms with Gasteiger partial charge in [-0.15, -0.1) is 11.3 Å². The first-order valence-corrected chi connectivity index (χ1v) is 13.1. The lowest BCUT2D eigenvalue weighted by atomic mass is 10.1. The van der Waals surface area contributed by atoms with Crippen molar-refractivity contribution >= 4 is 39.8 Å². The van der Waals surface area contributed by atoms with Gasteiger partial charge in [-0.2, -0.15) is 0 Å². The number of hydrogen-bond donors (Lipinski definition) is 2. The maximum Gasteiger partial charge on any atom is 0.223 e. The zero-order chi connectivity index (χ0) is 23.7. The van der Waals surface area contributed by atoms with Gasteiger partial charge in [-0.1, -0.05) is 24.6 Å². The van der Waals surface area contributed by atoms with Gasteiger partial charge in [-0.05, 0) is 44.7 Å². The molecule has 1 saturated carbocycles. The number of anilines is 1. The lowest BCUT2D eigenvalue weighted by molar-refractivity contribution is 0.357. The second-order valence-corrected chi connectivity index (χ2v) is 10.7. The quantitative estimate of drug-likeness (QED) is 0.228. The van der Waals surface area contributed by atoms with Crippen molar-refractivity contribution in [1.29, 1.82) is 0 Å². The molecule has 2 aliphatic rings. The molecule has 3 aromatic heterocycles. The Kier molecular flexibility index (Phi) is 6.71. The number of thiazole rings is 1. The molecule has 0 unspecified atom stereocenters. The van der Waals surface area contributed by atoms with Crippen molar-refractivity contribution in [3.63, 3.8) is 0 Å². The average Bonchev–Trinajstić information content (AvgIpc) is 3.40. The van der Waals surface area contributed by atoms with E-state index < -0.39 is 11.6 Å². The van der Waals surface area contributed by atoms with Gasteiger partial charge in [0.25, 0.3) is 0 Å². The molecule has 0 bridgehead atoms. The highest BCUT2D eigenvalue weighted by Crippen LogP contribution is 2.37. The molecule has 0 radical (unpaired) electrons. The molecule has 3 aromatic rings. The van der Waals surface area contributed by atoms with Crippen molar-refractivity contribution in [3.05, 3.63) is 59.9 Å². The van der Waals surface area contributed by atoms with Crippen LogP contribution < -0.4 is 5.32 Å². The highest BCUT2D eigenvalue weighted by molar-refractivity contribution is 7.97. The molecular formula is C24H27FN6OS2. The number of fused-ring (bicyclic) bond motifs is 1. The van der Waals surface area contributed by atoms with E-state index in [1.807, 2.05) is 40.9 Å². The largest absolute Gasteiger partial charge is 0.505 e. The number of imidazole rings is 1. The SMILES string of the molecule is C=C(F)/C(O)=C\C(=C/C)c1nc2sccn2c1-c1ccnc(NC2CCN(SC3CC3)CC2)n1. The van der Waals surface area contributed by atoms with E-state index in [1.165, 1.54) is 30.3 Å². The number of piperidine rings is 1. The molecular weight excluding hydrogens is 471 g/mol. The zero-order valence-corrected chi connectivity index (χ0v) is 20.6. The molecule has 5 rings (SSSR count). The highest BCUT2D eigenvalue weighted by atomic mass is 32.2. The number of rotatable bonds is 8. The summed E-state index contributed by atoms with van der Waals surface area (Å²) in [5, 5.41) is 16.2. The molecule has 0 amide bonds. The Morgan fingerprint density at radius 2 is 2.09 bits per heavy atom. The number of aromatic nitrogens is 4. The number of hydrogen-bond acceptors (Lipinski definition) is 8. The third-order valence-corrected chi connectivity index (χ3v) is 8.11. The van der Waals surface area contributed by atoms with Gasteiger partial charge in [0.15, 0.2) is 16.5 Å². The fourth-order valence-electron chi connectivity index (χ4n) is 3.98. The number of allylic oxidation sites excluding steroid dienone is 4. The first-order valence-electron chi connectivity index (χ1n) is 11.4. The first-order chi connectivity index (χ1) is 16.5. The molecule has 0 aromatic carbocycles. The Balaban J connectivity index is 1.40. The van der Waals surface area contributed by atoms with Crippen molar-refractivity contribution in [2.75, 3.05) is 18.4 Å². The van der Waals surface area contributed by atoms with E-state index >= 15 is 0 Å². The summed E-state index contributed by atoms with van der Waals surface area (Å²) < 4.78 is 17.9. The van der Waals surface area contributed by atoms with Gasteiger partial charge in [0.2, 0.25) is 5.95 Å². The third-order valence-electron chi connectivity index (χ3n) is 5.92. The summed E-state index contributed by atoms with van der Waals surface area (Å²) in [6.07, 6.45) is 11.6. The topological polar surface area (TPSA) is 78.6 Å². The molecule has 1 saturated heterocycles. The molecule has 10 heteroatoms. The molecule has 1 aliphatic carbocycles. The van der Waals surface area contributed by atoms with Crippen molar-refractivity contribution < 1.29 is 9.50 Å². The van der Waals surface area contributed by atoms with Gasteiger partial charge >= 0.3 is 0 Å². The monoisotopic (exact) mass is 498 g/mol. The molecule has 2 fully saturated rings. The van der Waals surface area contributed by atoms with E-state index in [1.54, 1.807) is 12.3 Å². The normalized spacial score (nSPS) is 18.5. The lowest BCUT2D eigenvalue weighted by Crippen LogP contribution is -2.36. The minimum atomic E-state index is -0.892. The van der Waals surface area contributed by atoms with Crippen LogP contribution in [0.1, 0.15) is 38.3 Å². The Labute approximate surface area is 206 Å². The number of aliphatic hydroxyl groups excluding tert-OH is 1. The van der Waals surface area contributed by atoms with Crippen LogP contribution in [0.25, 0.3) is 21.9 Å². The molecule has 4 heterocycles. The maximum absolute atomic E-state index is 13.4. The first kappa shape index (κ1) is 23.1. The standard InChI is InChI=1S/C24H27FN6OS2/c1-3-16(14-20(32)15(2)25)21-22(31-12-13-33-24(31)29-21)19-6-9-26-23(28-19)27-17-7-10-30(11-8-17)34-18-4-5-18/h3,6,9,12-14,17-18,32H,2,4-5,7-8,10-11H2,1H3,(H,26,27,28)/b16-3+,20-14+. The molecule has 178 valence electrons. The van der Waals surface area contributed by atoms with Gasteiger partial charge in [0, 0.05) is 47.7 Å². The van der Waals surface area contributed by atoms with Gasteiger partial charge in [-0.25, -0.2) is 19.3 Å². The molecule has 1 aliphatic heterocycles. The summed E-state index contributed by atoms with van der Waals surface area (Å²) in [6.45, 7) is 7.13. The second-order valence-electron chi connectivity index (χ2n) is 8.46. The zero-order valence-electron chi connectivity index (χ0n) is 18.9. The second kappa shape index (κ2) is 9.89. The Morgan fingerprint density at radius 3 is 2.79 bits per heavy atom. The van der Waals surface area contributed by atoms with E-state index in [0.717, 1.165) is 41.8 Å². The average molecular weight is 499 g/mol. The van der Waals surface area contributed by atoms with E-state index in [-0.39, 0.29) is 0 Å². The van der Waals surface area contributed by atoms with Gasteiger partial charge in [0.05, 0.1) is 11.4 Å². The minimum absolute atomic E-state index is 0.332. The highest BCUT2D eigenvalue weighted by Gasteiger charge is 2.28. The smallest absolute Gasteiger partial charge is 0.223 e. The number of halogens is 1. The number of nitrogens with zero attached hydrogens (tertiary/aromatic N) is 5. The van der Waals surface area contributed by atoms with Gasteiger partial charge < -0.3 is 10.4 Å². The van der Waals surface area contributed by atoms with Gasteiger partial charge in [-0.3, -0.25) is 8.71 Å². The molecule has 0 atom stereocenters. The maximum atomic E-state index is 13.4. The lowest BCUT2D eigenvalue weighted by Gasteiger charge is -2.31. The number of aliphatic hydroxyl groups is 1. The van der Waals surface area contributed by atoms with Crippen LogP contribution in [0.3, 0.4) is 0 Å². The molecule has 2 N–H and O–H groups in total. The van der Waals surface area contributed by atoms with Crippen molar-refractivity contribution in [2.24, 2.45) is 0 Å². The molecule has 34 heavy (non-hydrogen) atoms. The van der Waals surface area contributed by atoms with Crippen molar-refractivity contribution in [3.8, 4) is 11.4 Å². The fourth-order valence-corrected chi connectivity index (χ4v) is 5.88. The third kappa shape index (κ3) is 5.03. The van der Waals surface area contributed by atoms with E-state index in [4.69, 9.17) is 9.97 Å². The predicted molar refractivity (Wildman–Crippen MR) is 138 cm³/mol. The molecule has 7 nitrogen and oxygen atoms in total. The summed E-state index contributed by atoms with van der Waals surface area (Å²) in [5.41, 5.74) is 2.65. The van der Waals surface area contributed by atoms with Crippen LogP contribution in [0.2, 0.25) is 0 Å². The molecule has 0 spiro atoms. The van der Waals surface area contributed by atoms with Crippen molar-refractivity contribution in [1.82, 2.24) is 23.7 Å². The van der Waals surface area contributed by atoms with Crippen LogP contribution in [0.15, 0.2) is 54.2 Å². The Morgan fingerprint density at radius 1 is 1.29 bits per heavy atom. The van der Waals surface area contributed by atoms with E-state index in [9.17, 15) is 9.50 Å². The van der Waals surface area contributed by atoms with Crippen LogP contribution in [0, 0.1) is 0 Å².